The Morgan fingerprint density at radius 1 is 1.75 bits per heavy atom. The molecule has 1 fully saturated rings. The van der Waals surface area contributed by atoms with Crippen molar-refractivity contribution < 1.29 is 14.7 Å². The number of aromatic nitrogens is 2. The third kappa shape index (κ3) is 1.65. The second-order valence-electron chi connectivity index (χ2n) is 3.68. The molecule has 2 heterocycles. The Morgan fingerprint density at radius 3 is 2.94 bits per heavy atom. The number of aliphatic carboxylic acids is 1. The van der Waals surface area contributed by atoms with Gasteiger partial charge < -0.3 is 10.4 Å². The number of nitrogens with one attached hydrogen (secondary N) is 1. The van der Waals surface area contributed by atoms with Crippen molar-refractivity contribution in [1.29, 1.82) is 0 Å². The summed E-state index contributed by atoms with van der Waals surface area (Å²) in [6.45, 7) is 0.281. The lowest BCUT2D eigenvalue weighted by molar-refractivity contribution is -0.145. The number of rotatable bonds is 2. The van der Waals surface area contributed by atoms with Crippen LogP contribution in [0.1, 0.15) is 11.6 Å². The van der Waals surface area contributed by atoms with Gasteiger partial charge in [0.15, 0.2) is 0 Å². The molecule has 1 aliphatic heterocycles. The lowest BCUT2D eigenvalue weighted by Crippen LogP contribution is -2.26. The summed E-state index contributed by atoms with van der Waals surface area (Å²) in [5.41, 5.74) is 0.526. The molecule has 0 radical (unpaired) electrons. The monoisotopic (exact) mass is 243 g/mol. The van der Waals surface area contributed by atoms with Gasteiger partial charge in [0.1, 0.15) is 11.1 Å². The first kappa shape index (κ1) is 10.9. The van der Waals surface area contributed by atoms with E-state index in [4.69, 9.17) is 16.7 Å². The minimum atomic E-state index is -1.14. The molecule has 1 saturated heterocycles. The summed E-state index contributed by atoms with van der Waals surface area (Å²) in [6, 6.07) is 1.59. The van der Waals surface area contributed by atoms with Crippen LogP contribution < -0.4 is 5.32 Å². The minimum absolute atomic E-state index is 0.281. The van der Waals surface area contributed by atoms with Gasteiger partial charge in [0.25, 0.3) is 0 Å². The predicted octanol–water partition coefficient (Wildman–Crippen LogP) is -0.0123. The lowest BCUT2D eigenvalue weighted by Gasteiger charge is -2.09. The van der Waals surface area contributed by atoms with Crippen molar-refractivity contribution in [1.82, 2.24) is 15.1 Å². The zero-order valence-electron chi connectivity index (χ0n) is 8.48. The van der Waals surface area contributed by atoms with Crippen LogP contribution in [0.4, 0.5) is 0 Å². The molecule has 0 aliphatic carbocycles. The lowest BCUT2D eigenvalue weighted by atomic mass is 9.93. The van der Waals surface area contributed by atoms with Gasteiger partial charge in [-0.15, -0.1) is 0 Å². The molecule has 1 aliphatic rings. The molecule has 2 N–H and O–H groups in total. The first-order valence-electron chi connectivity index (χ1n) is 4.70. The normalized spacial score (nSPS) is 24.5. The van der Waals surface area contributed by atoms with Crippen LogP contribution in [0.3, 0.4) is 0 Å². The van der Waals surface area contributed by atoms with Gasteiger partial charge in [-0.2, -0.15) is 5.10 Å². The number of hydrogen-bond acceptors (Lipinski definition) is 3. The van der Waals surface area contributed by atoms with Crippen molar-refractivity contribution in [2.75, 3.05) is 6.54 Å². The number of hydrogen-bond donors (Lipinski definition) is 2. The number of carbonyl (C=O) groups excluding carboxylic acids is 1. The molecule has 0 spiro atoms. The largest absolute Gasteiger partial charge is 0.481 e. The minimum Gasteiger partial charge on any atom is -0.481 e. The van der Waals surface area contributed by atoms with E-state index >= 15 is 0 Å². The fourth-order valence-corrected chi connectivity index (χ4v) is 1.98. The molecular formula is C9H10ClN3O3. The standard InChI is InChI=1S/C9H10ClN3O3/c1-13-6(10)2-5(12-13)4-3-11-8(14)7(4)9(15)16/h2,4,7H,3H2,1H3,(H,11,14)(H,15,16)/t4-,7?/m1/s1. The number of carbonyl (C=O) groups is 2. The summed E-state index contributed by atoms with van der Waals surface area (Å²) >= 11 is 5.82. The van der Waals surface area contributed by atoms with Crippen LogP contribution in [-0.4, -0.2) is 33.3 Å². The highest BCUT2D eigenvalue weighted by molar-refractivity contribution is 6.29. The molecule has 0 saturated carbocycles. The molecule has 0 aromatic carbocycles. The van der Waals surface area contributed by atoms with E-state index in [9.17, 15) is 9.59 Å². The molecule has 0 bridgehead atoms. The van der Waals surface area contributed by atoms with Gasteiger partial charge in [0.05, 0.1) is 5.69 Å². The van der Waals surface area contributed by atoms with Crippen LogP contribution in [0.5, 0.6) is 0 Å². The number of halogens is 1. The first-order chi connectivity index (χ1) is 7.50. The third-order valence-electron chi connectivity index (χ3n) is 2.67. The molecule has 1 amide bonds. The van der Waals surface area contributed by atoms with Gasteiger partial charge in [-0.05, 0) is 6.07 Å². The fourth-order valence-electron chi connectivity index (χ4n) is 1.83. The molecule has 1 aromatic rings. The van der Waals surface area contributed by atoms with Crippen LogP contribution in [0.15, 0.2) is 6.07 Å². The quantitative estimate of drug-likeness (QED) is 0.716. The average molecular weight is 244 g/mol. The van der Waals surface area contributed by atoms with E-state index in [-0.39, 0.29) is 6.54 Å². The molecule has 2 rings (SSSR count). The zero-order chi connectivity index (χ0) is 11.9. The van der Waals surface area contributed by atoms with Crippen molar-refractivity contribution in [3.8, 4) is 0 Å². The second kappa shape index (κ2) is 3.79. The SMILES string of the molecule is Cn1nc([C@H]2CNC(=O)C2C(=O)O)cc1Cl. The molecule has 2 atom stereocenters. The molecule has 16 heavy (non-hydrogen) atoms. The maximum atomic E-state index is 11.3. The van der Waals surface area contributed by atoms with Crippen LogP contribution in [0.2, 0.25) is 5.15 Å². The summed E-state index contributed by atoms with van der Waals surface area (Å²) in [6.07, 6.45) is 0. The maximum absolute atomic E-state index is 11.3. The molecule has 86 valence electrons. The van der Waals surface area contributed by atoms with Gasteiger partial charge in [-0.3, -0.25) is 14.3 Å². The Bertz CT molecular complexity index is 437. The van der Waals surface area contributed by atoms with Crippen molar-refractivity contribution in [2.24, 2.45) is 13.0 Å². The van der Waals surface area contributed by atoms with Gasteiger partial charge in [0, 0.05) is 19.5 Å². The summed E-state index contributed by atoms with van der Waals surface area (Å²) in [5.74, 6) is -3.14. The van der Waals surface area contributed by atoms with Gasteiger partial charge in [-0.1, -0.05) is 11.6 Å². The van der Waals surface area contributed by atoms with Crippen LogP contribution >= 0.6 is 11.6 Å². The highest BCUT2D eigenvalue weighted by atomic mass is 35.5. The average Bonchev–Trinajstić information content (AvgIpc) is 2.71. The third-order valence-corrected chi connectivity index (χ3v) is 3.02. The molecule has 1 aromatic heterocycles. The van der Waals surface area contributed by atoms with Gasteiger partial charge >= 0.3 is 5.97 Å². The van der Waals surface area contributed by atoms with E-state index in [1.807, 2.05) is 0 Å². The summed E-state index contributed by atoms with van der Waals surface area (Å²) in [4.78, 5) is 22.3. The van der Waals surface area contributed by atoms with E-state index in [0.29, 0.717) is 10.8 Å². The van der Waals surface area contributed by atoms with Crippen molar-refractivity contribution >= 4 is 23.5 Å². The van der Waals surface area contributed by atoms with Crippen LogP contribution in [0.25, 0.3) is 0 Å². The number of nitrogens with zero attached hydrogens (tertiary/aromatic N) is 2. The zero-order valence-corrected chi connectivity index (χ0v) is 9.23. The smallest absolute Gasteiger partial charge is 0.316 e. The topological polar surface area (TPSA) is 84.2 Å². The number of carboxylic acids is 1. The number of amides is 1. The number of carboxylic acid groups (broad SMARTS) is 1. The van der Waals surface area contributed by atoms with Crippen molar-refractivity contribution in [3.05, 3.63) is 16.9 Å². The second-order valence-corrected chi connectivity index (χ2v) is 4.07. The summed E-state index contributed by atoms with van der Waals surface area (Å²) < 4.78 is 1.44. The summed E-state index contributed by atoms with van der Waals surface area (Å²) in [5, 5.41) is 16.0. The van der Waals surface area contributed by atoms with Gasteiger partial charge in [-0.25, -0.2) is 0 Å². The molecular weight excluding hydrogens is 234 g/mol. The van der Waals surface area contributed by atoms with Gasteiger partial charge in [0.2, 0.25) is 5.91 Å². The van der Waals surface area contributed by atoms with Crippen LogP contribution in [0, 0.1) is 5.92 Å². The fraction of sp³-hybridized carbons (Fsp3) is 0.444. The van der Waals surface area contributed by atoms with E-state index in [1.165, 1.54) is 4.68 Å². The molecule has 7 heteroatoms. The Balaban J connectivity index is 2.33. The van der Waals surface area contributed by atoms with E-state index in [1.54, 1.807) is 13.1 Å². The number of aryl methyl sites for hydroxylation is 1. The van der Waals surface area contributed by atoms with E-state index in [2.05, 4.69) is 10.4 Å². The molecule has 6 nitrogen and oxygen atoms in total. The summed E-state index contributed by atoms with van der Waals surface area (Å²) in [7, 11) is 1.66. The highest BCUT2D eigenvalue weighted by Crippen LogP contribution is 2.29. The Hall–Kier alpha value is -1.56. The van der Waals surface area contributed by atoms with E-state index in [0.717, 1.165) is 0 Å². The van der Waals surface area contributed by atoms with Crippen molar-refractivity contribution in [2.45, 2.75) is 5.92 Å². The van der Waals surface area contributed by atoms with Crippen LogP contribution in [-0.2, 0) is 16.6 Å². The Morgan fingerprint density at radius 2 is 2.44 bits per heavy atom. The molecule has 1 unspecified atom stereocenters. The van der Waals surface area contributed by atoms with Crippen molar-refractivity contribution in [3.63, 3.8) is 0 Å². The Kier molecular flexibility index (Phi) is 2.59. The maximum Gasteiger partial charge on any atom is 0.316 e. The first-order valence-corrected chi connectivity index (χ1v) is 5.08. The van der Waals surface area contributed by atoms with E-state index < -0.39 is 23.7 Å². The Labute approximate surface area is 96.2 Å². The highest BCUT2D eigenvalue weighted by Gasteiger charge is 2.42. The predicted molar refractivity (Wildman–Crippen MR) is 55.1 cm³/mol.